The van der Waals surface area contributed by atoms with Gasteiger partial charge in [0.15, 0.2) is 0 Å². The van der Waals surface area contributed by atoms with Crippen LogP contribution in [0.5, 0.6) is 0 Å². The Morgan fingerprint density at radius 1 is 0.735 bits per heavy atom. The summed E-state index contributed by atoms with van der Waals surface area (Å²) in [6.45, 7) is 16.1. The standard InChI is InChI=1S/C14H24N2.C10H15.C5H9O2.Ta/c1-3-7-13(8-4-1)15-11-12-16-14-9-5-2-6-10-14;1-6-7(2)9(4)10(5)8(6)3;1-4(2)5(6)7-3;/h11-14H,1-10H2;1-5H3;6H,1H2,2-3H3;/q-2;;-1;/b12-11-;;5-4-;. The van der Waals surface area contributed by atoms with E-state index in [9.17, 15) is 0 Å². The van der Waals surface area contributed by atoms with E-state index in [1.165, 1.54) is 101 Å². The largest absolute Gasteiger partial charge is 0.689 e. The van der Waals surface area contributed by atoms with Crippen LogP contribution < -0.4 is 0 Å². The van der Waals surface area contributed by atoms with Crippen molar-refractivity contribution in [2.75, 3.05) is 7.11 Å². The molecule has 0 heterocycles. The van der Waals surface area contributed by atoms with Gasteiger partial charge in [-0.3, -0.25) is 0 Å². The summed E-state index contributed by atoms with van der Waals surface area (Å²) in [4.78, 5) is 0. The Kier molecular flexibility index (Phi) is 18.2. The molecule has 6 radical (unpaired) electrons. The van der Waals surface area contributed by atoms with Crippen molar-refractivity contribution in [3.05, 3.63) is 71.1 Å². The van der Waals surface area contributed by atoms with Crippen molar-refractivity contribution in [1.29, 1.82) is 0 Å². The Labute approximate surface area is 227 Å². The summed E-state index contributed by atoms with van der Waals surface area (Å²) in [7, 11) is 1.39. The van der Waals surface area contributed by atoms with Crippen molar-refractivity contribution < 1.29 is 32.2 Å². The van der Waals surface area contributed by atoms with Crippen molar-refractivity contribution in [2.45, 2.75) is 118 Å². The molecule has 194 valence electrons. The maximum absolute atomic E-state index is 8.53. The summed E-state index contributed by atoms with van der Waals surface area (Å²) in [6, 6.07) is 1.18. The number of allylic oxidation sites excluding steroid dienone is 1. The maximum Gasteiger partial charge on any atom is 0.117 e. The van der Waals surface area contributed by atoms with Crippen LogP contribution in [0.4, 0.5) is 0 Å². The monoisotopic (exact) mass is 637 g/mol. The van der Waals surface area contributed by atoms with Crippen LogP contribution in [-0.2, 0) is 27.1 Å². The van der Waals surface area contributed by atoms with Gasteiger partial charge in [0.25, 0.3) is 0 Å². The van der Waals surface area contributed by atoms with Gasteiger partial charge in [-0.25, -0.2) is 19.3 Å². The first-order chi connectivity index (χ1) is 15.7. The summed E-state index contributed by atoms with van der Waals surface area (Å²) < 4.78 is 4.38. The molecule has 0 amide bonds. The maximum atomic E-state index is 8.53. The summed E-state index contributed by atoms with van der Waals surface area (Å²) >= 11 is 0. The van der Waals surface area contributed by atoms with Gasteiger partial charge in [-0.15, -0.1) is 17.7 Å². The van der Waals surface area contributed by atoms with E-state index in [0.29, 0.717) is 17.7 Å². The molecule has 3 saturated carbocycles. The number of ether oxygens (including phenoxy) is 1. The molecule has 4 nitrogen and oxygen atoms in total. The molecule has 0 aromatic rings. The molecule has 0 spiro atoms. The van der Waals surface area contributed by atoms with Crippen LogP contribution in [0.2, 0.25) is 0 Å². The molecule has 0 atom stereocenters. The molecule has 3 aliphatic rings. The van der Waals surface area contributed by atoms with Gasteiger partial charge >= 0.3 is 0 Å². The van der Waals surface area contributed by atoms with E-state index in [0.717, 1.165) is 0 Å². The smallest absolute Gasteiger partial charge is 0.117 e. The number of hydrogen-bond donors (Lipinski definition) is 1. The first-order valence-corrected chi connectivity index (χ1v) is 12.7. The molecule has 34 heavy (non-hydrogen) atoms. The van der Waals surface area contributed by atoms with Crippen molar-refractivity contribution in [3.63, 3.8) is 0 Å². The molecule has 3 rings (SSSR count). The van der Waals surface area contributed by atoms with Gasteiger partial charge in [0.1, 0.15) is 5.95 Å². The molecule has 1 N–H and O–H groups in total. The topological polar surface area (TPSA) is 57.7 Å². The second kappa shape index (κ2) is 18.5. The van der Waals surface area contributed by atoms with E-state index in [2.05, 4.69) is 56.9 Å². The average molecular weight is 638 g/mol. The quantitative estimate of drug-likeness (QED) is 0.242. The Bertz CT molecular complexity index is 498. The van der Waals surface area contributed by atoms with Gasteiger partial charge in [0, 0.05) is 22.4 Å². The van der Waals surface area contributed by atoms with Crippen LogP contribution in [0.15, 0.2) is 23.9 Å². The van der Waals surface area contributed by atoms with Gasteiger partial charge in [0.2, 0.25) is 0 Å². The molecule has 5 heteroatoms. The van der Waals surface area contributed by atoms with E-state index in [1.54, 1.807) is 6.92 Å². The van der Waals surface area contributed by atoms with Crippen molar-refractivity contribution in [1.82, 2.24) is 0 Å². The Morgan fingerprint density at radius 2 is 1.03 bits per heavy atom. The van der Waals surface area contributed by atoms with Crippen molar-refractivity contribution in [2.24, 2.45) is 0 Å². The fraction of sp³-hybridized carbons (Fsp3) is 0.655. The predicted molar refractivity (Wildman–Crippen MR) is 142 cm³/mol. The number of nitrogens with zero attached hydrogens (tertiary/aromatic N) is 2. The van der Waals surface area contributed by atoms with Crippen LogP contribution in [0, 0.1) is 36.5 Å². The van der Waals surface area contributed by atoms with Gasteiger partial charge in [-0.1, -0.05) is 106 Å². The van der Waals surface area contributed by atoms with Gasteiger partial charge in [-0.05, 0) is 29.6 Å². The molecular formula is C29H48N2O2Ta-3. The molecule has 3 fully saturated rings. The summed E-state index contributed by atoms with van der Waals surface area (Å²) in [5.74, 6) is 7.24. The number of aliphatic hydroxyl groups excluding tert-OH is 1. The zero-order chi connectivity index (χ0) is 24.8. The van der Waals surface area contributed by atoms with Crippen molar-refractivity contribution in [3.8, 4) is 0 Å². The minimum atomic E-state index is -0.0972. The third kappa shape index (κ3) is 12.3. The third-order valence-corrected chi connectivity index (χ3v) is 7.18. The molecule has 0 aliphatic heterocycles. The van der Waals surface area contributed by atoms with Crippen LogP contribution >= 0.6 is 0 Å². The van der Waals surface area contributed by atoms with E-state index in [-0.39, 0.29) is 28.3 Å². The Morgan fingerprint density at radius 3 is 1.24 bits per heavy atom. The summed E-state index contributed by atoms with van der Waals surface area (Å²) in [6.07, 6.45) is 17.3. The minimum absolute atomic E-state index is 0. The predicted octanol–water partition coefficient (Wildman–Crippen LogP) is 9.10. The first kappa shape index (κ1) is 33.3. The zero-order valence-corrected chi connectivity index (χ0v) is 26.0. The number of methoxy groups -OCH3 is 1. The number of rotatable bonds is 5. The van der Waals surface area contributed by atoms with Crippen LogP contribution in [0.3, 0.4) is 0 Å². The fourth-order valence-electron chi connectivity index (χ4n) is 4.36. The summed E-state index contributed by atoms with van der Waals surface area (Å²) in [5.41, 5.74) is 0.544. The molecule has 3 aliphatic carbocycles. The van der Waals surface area contributed by atoms with Gasteiger partial charge < -0.3 is 20.5 Å². The zero-order valence-electron chi connectivity index (χ0n) is 22.8. The fourth-order valence-corrected chi connectivity index (χ4v) is 4.36. The van der Waals surface area contributed by atoms with E-state index in [4.69, 9.17) is 5.11 Å². The SMILES string of the molecule is C(=C/[N-]C1CCCCC1)/[N-]C1CCCCC1.C[C]1[C](C)[C](C)[C](C)[C]1C.[CH2-]/C(C)=C(\O)OC.[Ta]. The van der Waals surface area contributed by atoms with E-state index < -0.39 is 0 Å². The summed E-state index contributed by atoms with van der Waals surface area (Å²) in [5, 5.41) is 17.7. The Balaban J connectivity index is 0.000000522. The van der Waals surface area contributed by atoms with Crippen LogP contribution in [0.25, 0.3) is 10.6 Å². The molecule has 0 aromatic carbocycles. The average Bonchev–Trinajstić information content (AvgIpc) is 3.01. The first-order valence-electron chi connectivity index (χ1n) is 12.7. The second-order valence-corrected chi connectivity index (χ2v) is 9.59. The van der Waals surface area contributed by atoms with E-state index in [1.807, 2.05) is 12.4 Å². The molecule has 0 unspecified atom stereocenters. The molecular weight excluding hydrogens is 589 g/mol. The third-order valence-electron chi connectivity index (χ3n) is 7.18. The second-order valence-electron chi connectivity index (χ2n) is 9.59. The Hall–Kier alpha value is -0.710. The van der Waals surface area contributed by atoms with Gasteiger partial charge in [-0.2, -0.15) is 0 Å². The van der Waals surface area contributed by atoms with Crippen molar-refractivity contribution >= 4 is 0 Å². The minimum Gasteiger partial charge on any atom is -0.689 e. The van der Waals surface area contributed by atoms with Gasteiger partial charge in [0.05, 0.1) is 7.11 Å². The molecule has 0 bridgehead atoms. The number of hydrogen-bond acceptors (Lipinski definition) is 2. The van der Waals surface area contributed by atoms with Crippen LogP contribution in [0.1, 0.15) is 106 Å². The normalized spacial score (nSPS) is 22.7. The molecule has 0 saturated heterocycles. The van der Waals surface area contributed by atoms with E-state index >= 15 is 0 Å². The van der Waals surface area contributed by atoms with Crippen LogP contribution in [-0.4, -0.2) is 24.3 Å². The molecule has 0 aromatic heterocycles. The number of aliphatic hydroxyl groups is 1.